The maximum atomic E-state index is 15.0. The maximum Gasteiger partial charge on any atom is 0.341 e. The van der Waals surface area contributed by atoms with Gasteiger partial charge in [-0.05, 0) is 25.0 Å². The Morgan fingerprint density at radius 3 is 2.41 bits per heavy atom. The second-order valence-electron chi connectivity index (χ2n) is 8.46. The summed E-state index contributed by atoms with van der Waals surface area (Å²) in [6.45, 7) is 1.51. The zero-order chi connectivity index (χ0) is 24.6. The third-order valence-electron chi connectivity index (χ3n) is 6.08. The van der Waals surface area contributed by atoms with Gasteiger partial charge >= 0.3 is 11.9 Å². The summed E-state index contributed by atoms with van der Waals surface area (Å²) in [6, 6.07) is 1.76. The van der Waals surface area contributed by atoms with Crippen molar-refractivity contribution in [2.24, 2.45) is 5.73 Å². The van der Waals surface area contributed by atoms with Crippen LogP contribution in [0.1, 0.15) is 29.2 Å². The van der Waals surface area contributed by atoms with Crippen LogP contribution in [0.4, 0.5) is 10.1 Å². The molecule has 1 aromatic carbocycles. The molecular weight excluding hydrogens is 467 g/mol. The molecule has 1 aliphatic heterocycles. The largest absolute Gasteiger partial charge is 0.480 e. The number of rotatable bonds is 8. The number of hydrogen-bond donors (Lipinski definition) is 3. The molecule has 0 radical (unpaired) electrons. The van der Waals surface area contributed by atoms with Crippen LogP contribution in [0.5, 0.6) is 0 Å². The summed E-state index contributed by atoms with van der Waals surface area (Å²) in [5.41, 5.74) is 5.17. The van der Waals surface area contributed by atoms with Crippen molar-refractivity contribution in [2.45, 2.75) is 24.9 Å². The number of fused-ring (bicyclic) bond motifs is 1. The van der Waals surface area contributed by atoms with Crippen LogP contribution in [0.25, 0.3) is 10.9 Å². The Morgan fingerprint density at radius 1 is 1.15 bits per heavy atom. The molecule has 2 aliphatic rings. The summed E-state index contributed by atoms with van der Waals surface area (Å²) in [6.07, 6.45) is 3.07. The summed E-state index contributed by atoms with van der Waals surface area (Å²) in [7, 11) is 0. The molecule has 0 spiro atoms. The Balaban J connectivity index is 1.49. The lowest BCUT2D eigenvalue weighted by molar-refractivity contribution is -0.138. The molecule has 0 bridgehead atoms. The number of hydrogen-bond acceptors (Lipinski definition) is 7. The summed E-state index contributed by atoms with van der Waals surface area (Å²) in [5, 5.41) is 18.2. The van der Waals surface area contributed by atoms with Crippen LogP contribution in [0.2, 0.25) is 0 Å². The number of halogens is 1. The van der Waals surface area contributed by atoms with Gasteiger partial charge in [0.25, 0.3) is 0 Å². The predicted octanol–water partition coefficient (Wildman–Crippen LogP) is 0.967. The number of aromatic nitrogens is 1. The van der Waals surface area contributed by atoms with Gasteiger partial charge < -0.3 is 30.3 Å². The van der Waals surface area contributed by atoms with E-state index in [0.717, 1.165) is 30.7 Å². The highest BCUT2D eigenvalue weighted by molar-refractivity contribution is 8.00. The average Bonchev–Trinajstić information content (AvgIpc) is 3.64. The molecule has 1 amide bonds. The predicted molar refractivity (Wildman–Crippen MR) is 125 cm³/mol. The number of aliphatic carboxylic acids is 1. The van der Waals surface area contributed by atoms with E-state index in [1.165, 1.54) is 6.20 Å². The van der Waals surface area contributed by atoms with E-state index in [1.807, 2.05) is 0 Å². The van der Waals surface area contributed by atoms with E-state index in [0.29, 0.717) is 37.4 Å². The zero-order valence-corrected chi connectivity index (χ0v) is 19.1. The number of amides is 1. The molecule has 1 unspecified atom stereocenters. The van der Waals surface area contributed by atoms with Crippen LogP contribution in [0.3, 0.4) is 0 Å². The van der Waals surface area contributed by atoms with Crippen LogP contribution in [-0.2, 0) is 9.59 Å². The van der Waals surface area contributed by atoms with Gasteiger partial charge in [0, 0.05) is 49.6 Å². The number of carboxylic acids is 2. The normalized spacial score (nSPS) is 17.1. The standard InChI is InChI=1S/C22H25FN4O6S/c23-15-7-13-17(27(12-1-2-12)9-14(20(13)29)21(30)31)8-18(15)25-3-5-26(6-4-25)19(28)11-34-10-16(24)22(32)33/h7-9,12,16H,1-6,10-11,24H2,(H,30,31)(H,32,33). The molecule has 1 aliphatic carbocycles. The number of thioether (sulfide) groups is 1. The van der Waals surface area contributed by atoms with Crippen molar-refractivity contribution in [3.8, 4) is 0 Å². The van der Waals surface area contributed by atoms with E-state index < -0.39 is 29.2 Å². The van der Waals surface area contributed by atoms with Gasteiger partial charge in [0.2, 0.25) is 11.3 Å². The van der Waals surface area contributed by atoms with Crippen molar-refractivity contribution in [3.63, 3.8) is 0 Å². The van der Waals surface area contributed by atoms with E-state index in [1.54, 1.807) is 20.4 Å². The number of anilines is 1. The summed E-state index contributed by atoms with van der Waals surface area (Å²) >= 11 is 1.16. The Hall–Kier alpha value is -3.12. The number of carboxylic acid groups (broad SMARTS) is 2. The highest BCUT2D eigenvalue weighted by atomic mass is 32.2. The number of aromatic carboxylic acids is 1. The molecule has 2 aromatic rings. The lowest BCUT2D eigenvalue weighted by atomic mass is 10.1. The summed E-state index contributed by atoms with van der Waals surface area (Å²) < 4.78 is 16.8. The quantitative estimate of drug-likeness (QED) is 0.490. The van der Waals surface area contributed by atoms with Gasteiger partial charge in [-0.2, -0.15) is 0 Å². The van der Waals surface area contributed by atoms with Gasteiger partial charge in [-0.15, -0.1) is 11.8 Å². The van der Waals surface area contributed by atoms with Crippen LogP contribution in [-0.4, -0.2) is 81.3 Å². The van der Waals surface area contributed by atoms with Gasteiger partial charge in [0.1, 0.15) is 17.4 Å². The van der Waals surface area contributed by atoms with E-state index in [-0.39, 0.29) is 34.4 Å². The molecule has 1 atom stereocenters. The maximum absolute atomic E-state index is 15.0. The van der Waals surface area contributed by atoms with Gasteiger partial charge in [-0.3, -0.25) is 14.4 Å². The Morgan fingerprint density at radius 2 is 1.82 bits per heavy atom. The Bertz CT molecular complexity index is 1210. The van der Waals surface area contributed by atoms with E-state index in [9.17, 15) is 24.3 Å². The SMILES string of the molecule is NC(CSCC(=O)N1CCN(c2cc3c(cc2F)c(=O)c(C(=O)O)cn3C2CC2)CC1)C(=O)O. The lowest BCUT2D eigenvalue weighted by Gasteiger charge is -2.36. The Labute approximate surface area is 198 Å². The average molecular weight is 493 g/mol. The molecule has 4 rings (SSSR count). The van der Waals surface area contributed by atoms with E-state index >= 15 is 4.39 Å². The topological polar surface area (TPSA) is 146 Å². The van der Waals surface area contributed by atoms with Crippen molar-refractivity contribution in [2.75, 3.05) is 42.6 Å². The van der Waals surface area contributed by atoms with Crippen molar-refractivity contribution in [1.82, 2.24) is 9.47 Å². The molecule has 10 nitrogen and oxygen atoms in total. The first-order valence-corrected chi connectivity index (χ1v) is 12.0. The van der Waals surface area contributed by atoms with E-state index in [4.69, 9.17) is 10.8 Å². The molecule has 1 saturated carbocycles. The van der Waals surface area contributed by atoms with Crippen molar-refractivity contribution in [3.05, 3.63) is 39.9 Å². The minimum atomic E-state index is -1.34. The monoisotopic (exact) mass is 492 g/mol. The number of nitrogens with zero attached hydrogens (tertiary/aromatic N) is 3. The first kappa shape index (κ1) is 24.0. The summed E-state index contributed by atoms with van der Waals surface area (Å²) in [5.74, 6) is -2.95. The van der Waals surface area contributed by atoms with Crippen molar-refractivity contribution < 1.29 is 29.0 Å². The van der Waals surface area contributed by atoms with Gasteiger partial charge in [-0.25, -0.2) is 9.18 Å². The fourth-order valence-corrected chi connectivity index (χ4v) is 4.91. The lowest BCUT2D eigenvalue weighted by Crippen LogP contribution is -2.49. The second-order valence-corrected chi connectivity index (χ2v) is 9.49. The number of carbonyl (C=O) groups is 3. The molecule has 182 valence electrons. The molecule has 34 heavy (non-hydrogen) atoms. The zero-order valence-electron chi connectivity index (χ0n) is 18.3. The molecular formula is C22H25FN4O6S. The number of nitrogens with two attached hydrogens (primary N) is 1. The first-order valence-electron chi connectivity index (χ1n) is 10.9. The van der Waals surface area contributed by atoms with Crippen LogP contribution < -0.4 is 16.1 Å². The number of benzene rings is 1. The number of carbonyl (C=O) groups excluding carboxylic acids is 1. The third kappa shape index (κ3) is 4.87. The first-order chi connectivity index (χ1) is 16.2. The van der Waals surface area contributed by atoms with Crippen molar-refractivity contribution >= 4 is 46.2 Å². The molecule has 1 saturated heterocycles. The fraction of sp³-hybridized carbons (Fsp3) is 0.455. The number of piperazine rings is 1. The van der Waals surface area contributed by atoms with E-state index in [2.05, 4.69) is 0 Å². The molecule has 1 aromatic heterocycles. The minimum Gasteiger partial charge on any atom is -0.480 e. The molecule has 4 N–H and O–H groups in total. The molecule has 2 fully saturated rings. The van der Waals surface area contributed by atoms with Crippen molar-refractivity contribution in [1.29, 1.82) is 0 Å². The molecule has 2 heterocycles. The van der Waals surface area contributed by atoms with Gasteiger partial charge in [-0.1, -0.05) is 0 Å². The van der Waals surface area contributed by atoms with Gasteiger partial charge in [0.05, 0.1) is 17.0 Å². The number of pyridine rings is 1. The van der Waals surface area contributed by atoms with Crippen LogP contribution in [0.15, 0.2) is 23.1 Å². The highest BCUT2D eigenvalue weighted by Gasteiger charge is 2.29. The fourth-order valence-electron chi connectivity index (χ4n) is 4.04. The minimum absolute atomic E-state index is 0.0402. The Kier molecular flexibility index (Phi) is 6.80. The molecule has 12 heteroatoms. The smallest absolute Gasteiger partial charge is 0.341 e. The third-order valence-corrected chi connectivity index (χ3v) is 7.13. The summed E-state index contributed by atoms with van der Waals surface area (Å²) in [4.78, 5) is 50.8. The second kappa shape index (κ2) is 9.63. The van der Waals surface area contributed by atoms with Gasteiger partial charge in [0.15, 0.2) is 0 Å². The van der Waals surface area contributed by atoms with Crippen LogP contribution >= 0.6 is 11.8 Å². The van der Waals surface area contributed by atoms with Crippen LogP contribution in [0, 0.1) is 5.82 Å². The highest BCUT2D eigenvalue weighted by Crippen LogP contribution is 2.38.